The summed E-state index contributed by atoms with van der Waals surface area (Å²) in [5.41, 5.74) is 4.72. The second kappa shape index (κ2) is 8.25. The number of ether oxygens (including phenoxy) is 1. The largest absolute Gasteiger partial charge is 0.376 e. The van der Waals surface area contributed by atoms with Crippen molar-refractivity contribution in [3.8, 4) is 6.07 Å². The van der Waals surface area contributed by atoms with Gasteiger partial charge in [0, 0.05) is 13.7 Å². The molecule has 0 bridgehead atoms. The molecule has 0 N–H and O–H groups in total. The molecule has 3 nitrogen and oxygen atoms in total. The van der Waals surface area contributed by atoms with Gasteiger partial charge in [-0.3, -0.25) is 4.90 Å². The van der Waals surface area contributed by atoms with E-state index in [2.05, 4.69) is 41.3 Å². The highest BCUT2D eigenvalue weighted by Crippen LogP contribution is 2.48. The van der Waals surface area contributed by atoms with Gasteiger partial charge >= 0.3 is 0 Å². The molecule has 1 saturated heterocycles. The van der Waals surface area contributed by atoms with Gasteiger partial charge < -0.3 is 4.74 Å². The van der Waals surface area contributed by atoms with E-state index in [9.17, 15) is 0 Å². The highest BCUT2D eigenvalue weighted by molar-refractivity contribution is 5.35. The molecular weight excluding hydrogens is 332 g/mol. The molecule has 0 aromatic heterocycles. The van der Waals surface area contributed by atoms with Crippen molar-refractivity contribution in [3.63, 3.8) is 0 Å². The van der Waals surface area contributed by atoms with Crippen molar-refractivity contribution in [3.05, 3.63) is 70.8 Å². The van der Waals surface area contributed by atoms with E-state index >= 15 is 0 Å². The molecule has 2 fully saturated rings. The molecule has 2 aromatic rings. The molecule has 140 valence electrons. The molecule has 3 heteroatoms. The van der Waals surface area contributed by atoms with Gasteiger partial charge in [-0.25, -0.2) is 0 Å². The molecule has 0 amide bonds. The van der Waals surface area contributed by atoms with Gasteiger partial charge in [0.2, 0.25) is 0 Å². The van der Waals surface area contributed by atoms with E-state index < -0.39 is 0 Å². The predicted molar refractivity (Wildman–Crippen MR) is 107 cm³/mol. The highest BCUT2D eigenvalue weighted by Gasteiger charge is 2.36. The van der Waals surface area contributed by atoms with Crippen molar-refractivity contribution >= 4 is 0 Å². The van der Waals surface area contributed by atoms with Gasteiger partial charge in [0.15, 0.2) is 0 Å². The summed E-state index contributed by atoms with van der Waals surface area (Å²) in [6, 6.07) is 19.3. The van der Waals surface area contributed by atoms with Gasteiger partial charge in [-0.05, 0) is 79.4 Å². The van der Waals surface area contributed by atoms with Crippen molar-refractivity contribution in [2.75, 3.05) is 20.2 Å². The Balaban J connectivity index is 1.35. The number of benzene rings is 2. The third-order valence-electron chi connectivity index (χ3n) is 6.26. The van der Waals surface area contributed by atoms with E-state index in [-0.39, 0.29) is 6.10 Å². The lowest BCUT2D eigenvalue weighted by molar-refractivity contribution is 0.00847. The summed E-state index contributed by atoms with van der Waals surface area (Å²) in [7, 11) is 1.78. The number of rotatable bonds is 6. The minimum Gasteiger partial charge on any atom is -0.376 e. The first kappa shape index (κ1) is 18.2. The third-order valence-corrected chi connectivity index (χ3v) is 6.26. The Morgan fingerprint density at radius 2 is 1.85 bits per heavy atom. The molecule has 2 aromatic carbocycles. The van der Waals surface area contributed by atoms with Crippen LogP contribution in [0.15, 0.2) is 48.5 Å². The van der Waals surface area contributed by atoms with Crippen LogP contribution >= 0.6 is 0 Å². The maximum Gasteiger partial charge on any atom is 0.0991 e. The second-order valence-corrected chi connectivity index (χ2v) is 8.05. The molecule has 1 heterocycles. The number of nitriles is 1. The Hall–Kier alpha value is -2.15. The number of nitrogens with zero attached hydrogens (tertiary/aromatic N) is 2. The zero-order chi connectivity index (χ0) is 18.6. The molecule has 0 radical (unpaired) electrons. The molecule has 1 aliphatic carbocycles. The van der Waals surface area contributed by atoms with E-state index in [4.69, 9.17) is 10.00 Å². The fraction of sp³-hybridized carbons (Fsp3) is 0.458. The van der Waals surface area contributed by atoms with Crippen LogP contribution in [0.5, 0.6) is 0 Å². The number of methoxy groups -OCH3 is 1. The summed E-state index contributed by atoms with van der Waals surface area (Å²) in [4.78, 5) is 2.55. The summed E-state index contributed by atoms with van der Waals surface area (Å²) < 4.78 is 5.80. The standard InChI is InChI=1S/C24H28N2O/c1-27-24(21-6-4-5-19(13-21)16-25)23-14-22(15-23)20-9-7-18(8-10-20)17-26-11-2-3-12-26/h4-10,13,22-24H,2-3,11-12,14-15,17H2,1H3. The minimum atomic E-state index is 0.0870. The van der Waals surface area contributed by atoms with Crippen LogP contribution in [0, 0.1) is 17.2 Å². The van der Waals surface area contributed by atoms with Crippen molar-refractivity contribution in [2.24, 2.45) is 5.92 Å². The van der Waals surface area contributed by atoms with E-state index in [1.807, 2.05) is 18.2 Å². The van der Waals surface area contributed by atoms with Gasteiger partial charge in [-0.15, -0.1) is 0 Å². The Morgan fingerprint density at radius 1 is 1.11 bits per heavy atom. The Bertz CT molecular complexity index is 796. The molecule has 1 unspecified atom stereocenters. The van der Waals surface area contributed by atoms with Crippen LogP contribution in [0.3, 0.4) is 0 Å². The van der Waals surface area contributed by atoms with Gasteiger partial charge in [0.05, 0.1) is 17.7 Å². The van der Waals surface area contributed by atoms with E-state index in [1.165, 1.54) is 37.1 Å². The smallest absolute Gasteiger partial charge is 0.0991 e. The molecule has 1 saturated carbocycles. The lowest BCUT2D eigenvalue weighted by Crippen LogP contribution is -2.28. The van der Waals surface area contributed by atoms with Crippen LogP contribution in [-0.4, -0.2) is 25.1 Å². The minimum absolute atomic E-state index is 0.0870. The van der Waals surface area contributed by atoms with Crippen LogP contribution in [0.2, 0.25) is 0 Å². The number of hydrogen-bond donors (Lipinski definition) is 0. The summed E-state index contributed by atoms with van der Waals surface area (Å²) in [5.74, 6) is 1.16. The predicted octanol–water partition coefficient (Wildman–Crippen LogP) is 5.04. The van der Waals surface area contributed by atoms with Gasteiger partial charge in [0.25, 0.3) is 0 Å². The molecule has 4 rings (SSSR count). The monoisotopic (exact) mass is 360 g/mol. The van der Waals surface area contributed by atoms with Gasteiger partial charge in [0.1, 0.15) is 0 Å². The van der Waals surface area contributed by atoms with E-state index in [0.717, 1.165) is 24.9 Å². The number of likely N-dealkylation sites (tertiary alicyclic amines) is 1. The fourth-order valence-corrected chi connectivity index (χ4v) is 4.66. The average Bonchev–Trinajstić information content (AvgIpc) is 3.18. The van der Waals surface area contributed by atoms with Gasteiger partial charge in [-0.1, -0.05) is 36.4 Å². The molecule has 1 atom stereocenters. The first-order valence-corrected chi connectivity index (χ1v) is 10.1. The summed E-state index contributed by atoms with van der Waals surface area (Å²) in [6.07, 6.45) is 5.09. The summed E-state index contributed by atoms with van der Waals surface area (Å²) in [5, 5.41) is 9.14. The Morgan fingerprint density at radius 3 is 2.52 bits per heavy atom. The van der Waals surface area contributed by atoms with Crippen LogP contribution in [-0.2, 0) is 11.3 Å². The Labute approximate surface area is 162 Å². The maximum atomic E-state index is 9.14. The van der Waals surface area contributed by atoms with Crippen molar-refractivity contribution in [1.82, 2.24) is 4.90 Å². The first-order chi connectivity index (χ1) is 13.3. The lowest BCUT2D eigenvalue weighted by Gasteiger charge is -2.40. The van der Waals surface area contributed by atoms with Crippen molar-refractivity contribution < 1.29 is 4.74 Å². The average molecular weight is 361 g/mol. The quantitative estimate of drug-likeness (QED) is 0.724. The lowest BCUT2D eigenvalue weighted by atomic mass is 9.68. The van der Waals surface area contributed by atoms with E-state index in [0.29, 0.717) is 17.4 Å². The normalized spacial score (nSPS) is 23.6. The zero-order valence-electron chi connectivity index (χ0n) is 16.1. The van der Waals surface area contributed by atoms with Crippen molar-refractivity contribution in [1.29, 1.82) is 5.26 Å². The molecule has 1 aliphatic heterocycles. The van der Waals surface area contributed by atoms with Crippen LogP contribution in [0.1, 0.15) is 60.0 Å². The van der Waals surface area contributed by atoms with Gasteiger partial charge in [-0.2, -0.15) is 5.26 Å². The maximum absolute atomic E-state index is 9.14. The third kappa shape index (κ3) is 4.08. The first-order valence-electron chi connectivity index (χ1n) is 10.1. The fourth-order valence-electron chi connectivity index (χ4n) is 4.66. The zero-order valence-corrected chi connectivity index (χ0v) is 16.1. The molecule has 27 heavy (non-hydrogen) atoms. The van der Waals surface area contributed by atoms with Crippen LogP contribution in [0.4, 0.5) is 0 Å². The molecule has 0 spiro atoms. The van der Waals surface area contributed by atoms with Crippen LogP contribution in [0.25, 0.3) is 0 Å². The van der Waals surface area contributed by atoms with E-state index in [1.54, 1.807) is 7.11 Å². The van der Waals surface area contributed by atoms with Crippen molar-refractivity contribution in [2.45, 2.75) is 44.2 Å². The topological polar surface area (TPSA) is 36.3 Å². The SMILES string of the molecule is COC(c1cccc(C#N)c1)C1CC(c2ccc(CN3CCCC3)cc2)C1. The summed E-state index contributed by atoms with van der Waals surface area (Å²) >= 11 is 0. The Kier molecular flexibility index (Phi) is 5.57. The highest BCUT2D eigenvalue weighted by atomic mass is 16.5. The second-order valence-electron chi connectivity index (χ2n) is 8.05. The van der Waals surface area contributed by atoms with Crippen LogP contribution < -0.4 is 0 Å². The molecular formula is C24H28N2O. The molecule has 2 aliphatic rings. The number of hydrogen-bond acceptors (Lipinski definition) is 3. The summed E-state index contributed by atoms with van der Waals surface area (Å²) in [6.45, 7) is 3.59.